The molecule has 1 N–H and O–H groups in total. The average Bonchev–Trinajstić information content (AvgIpc) is 2.02. The maximum Gasteiger partial charge on any atom is 0.272 e. The second-order valence-corrected chi connectivity index (χ2v) is 3.05. The van der Waals surface area contributed by atoms with Gasteiger partial charge in [-0.3, -0.25) is 4.79 Å². The van der Waals surface area contributed by atoms with E-state index in [-0.39, 0.29) is 16.8 Å². The van der Waals surface area contributed by atoms with Crippen molar-refractivity contribution in [3.8, 4) is 6.07 Å². The second kappa shape index (κ2) is 3.22. The van der Waals surface area contributed by atoms with Gasteiger partial charge in [0.1, 0.15) is 11.6 Å². The monoisotopic (exact) mass is 198 g/mol. The molecule has 1 aromatic rings. The molecular formula is C9H8F2N2O. The SMILES string of the molecule is Cc1[nH]c(=O)c(C#N)cc1C(C)(F)F. The largest absolute Gasteiger partial charge is 0.325 e. The number of aromatic amines is 1. The third-order valence-corrected chi connectivity index (χ3v) is 1.83. The number of alkyl halides is 2. The van der Waals surface area contributed by atoms with Crippen LogP contribution in [-0.4, -0.2) is 4.98 Å². The normalized spacial score (nSPS) is 11.1. The first-order valence-electron chi connectivity index (χ1n) is 3.88. The predicted octanol–water partition coefficient (Wildman–Crippen LogP) is 1.67. The number of hydrogen-bond donors (Lipinski definition) is 1. The molecule has 0 aromatic carbocycles. The molecular weight excluding hydrogens is 190 g/mol. The van der Waals surface area contributed by atoms with Gasteiger partial charge in [-0.15, -0.1) is 0 Å². The molecule has 3 nitrogen and oxygen atoms in total. The van der Waals surface area contributed by atoms with Crippen LogP contribution in [0.15, 0.2) is 10.9 Å². The van der Waals surface area contributed by atoms with Gasteiger partial charge in [0.2, 0.25) is 0 Å². The Bertz CT molecular complexity index is 451. The second-order valence-electron chi connectivity index (χ2n) is 3.05. The number of nitrogens with one attached hydrogen (secondary N) is 1. The summed E-state index contributed by atoms with van der Waals surface area (Å²) in [7, 11) is 0. The number of nitrogens with zero attached hydrogens (tertiary/aromatic N) is 1. The van der Waals surface area contributed by atoms with Crippen molar-refractivity contribution in [1.82, 2.24) is 4.98 Å². The lowest BCUT2D eigenvalue weighted by molar-refractivity contribution is 0.0163. The first-order valence-corrected chi connectivity index (χ1v) is 3.88. The van der Waals surface area contributed by atoms with Crippen molar-refractivity contribution < 1.29 is 8.78 Å². The van der Waals surface area contributed by atoms with Gasteiger partial charge in [0.25, 0.3) is 11.5 Å². The number of hydrogen-bond acceptors (Lipinski definition) is 2. The number of aromatic nitrogens is 1. The lowest BCUT2D eigenvalue weighted by atomic mass is 10.1. The molecule has 0 saturated carbocycles. The van der Waals surface area contributed by atoms with E-state index in [0.717, 1.165) is 13.0 Å². The molecule has 0 spiro atoms. The van der Waals surface area contributed by atoms with Crippen LogP contribution in [0.3, 0.4) is 0 Å². The van der Waals surface area contributed by atoms with Crippen molar-refractivity contribution >= 4 is 0 Å². The molecule has 0 unspecified atom stereocenters. The molecule has 0 saturated heterocycles. The maximum atomic E-state index is 12.9. The van der Waals surface area contributed by atoms with Gasteiger partial charge >= 0.3 is 0 Å². The average molecular weight is 198 g/mol. The zero-order chi connectivity index (χ0) is 10.9. The van der Waals surface area contributed by atoms with Crippen molar-refractivity contribution in [2.75, 3.05) is 0 Å². The minimum atomic E-state index is -3.06. The fourth-order valence-electron chi connectivity index (χ4n) is 1.16. The third kappa shape index (κ3) is 1.79. The summed E-state index contributed by atoms with van der Waals surface area (Å²) in [5.74, 6) is -3.06. The minimum Gasteiger partial charge on any atom is -0.325 e. The molecule has 1 aromatic heterocycles. The third-order valence-electron chi connectivity index (χ3n) is 1.83. The highest BCUT2D eigenvalue weighted by Crippen LogP contribution is 2.28. The van der Waals surface area contributed by atoms with Crippen molar-refractivity contribution in [3.63, 3.8) is 0 Å². The van der Waals surface area contributed by atoms with Crippen LogP contribution in [-0.2, 0) is 5.92 Å². The van der Waals surface area contributed by atoms with Crippen molar-refractivity contribution in [2.45, 2.75) is 19.8 Å². The van der Waals surface area contributed by atoms with Crippen molar-refractivity contribution in [2.24, 2.45) is 0 Å². The zero-order valence-corrected chi connectivity index (χ0v) is 7.69. The Morgan fingerprint density at radius 2 is 2.14 bits per heavy atom. The smallest absolute Gasteiger partial charge is 0.272 e. The van der Waals surface area contributed by atoms with E-state index in [4.69, 9.17) is 5.26 Å². The fourth-order valence-corrected chi connectivity index (χ4v) is 1.16. The van der Waals surface area contributed by atoms with E-state index in [0.29, 0.717) is 0 Å². The summed E-state index contributed by atoms with van der Waals surface area (Å²) in [4.78, 5) is 13.2. The number of pyridine rings is 1. The van der Waals surface area contributed by atoms with Gasteiger partial charge in [-0.25, -0.2) is 8.78 Å². The molecule has 0 aliphatic rings. The Kier molecular flexibility index (Phi) is 2.39. The Morgan fingerprint density at radius 3 is 2.57 bits per heavy atom. The minimum absolute atomic E-state index is 0.0847. The number of rotatable bonds is 1. The summed E-state index contributed by atoms with van der Waals surface area (Å²) >= 11 is 0. The van der Waals surface area contributed by atoms with Crippen LogP contribution in [0.4, 0.5) is 8.78 Å². The Labute approximate surface area is 79.0 Å². The van der Waals surface area contributed by atoms with Gasteiger partial charge in [0.05, 0.1) is 0 Å². The number of halogens is 2. The van der Waals surface area contributed by atoms with E-state index in [2.05, 4.69) is 4.98 Å². The van der Waals surface area contributed by atoms with Crippen LogP contribution in [0.2, 0.25) is 0 Å². The molecule has 1 rings (SSSR count). The van der Waals surface area contributed by atoms with Crippen LogP contribution in [0, 0.1) is 18.3 Å². The summed E-state index contributed by atoms with van der Waals surface area (Å²) in [6.45, 7) is 2.09. The lowest BCUT2D eigenvalue weighted by Crippen LogP contribution is -2.18. The highest BCUT2D eigenvalue weighted by molar-refractivity contribution is 5.34. The molecule has 0 fully saturated rings. The van der Waals surface area contributed by atoms with Gasteiger partial charge in [0.15, 0.2) is 0 Å². The highest BCUT2D eigenvalue weighted by Gasteiger charge is 2.27. The van der Waals surface area contributed by atoms with Crippen LogP contribution in [0.25, 0.3) is 0 Å². The summed E-state index contributed by atoms with van der Waals surface area (Å²) < 4.78 is 25.9. The number of H-pyrrole nitrogens is 1. The standard InChI is InChI=1S/C9H8F2N2O/c1-5-7(9(2,10)11)3-6(4-12)8(14)13-5/h3H,1-2H3,(H,13,14). The Hall–Kier alpha value is -1.70. The van der Waals surface area contributed by atoms with Gasteiger partial charge < -0.3 is 4.98 Å². The first kappa shape index (κ1) is 10.4. The summed E-state index contributed by atoms with van der Waals surface area (Å²) in [6.07, 6.45) is 0. The Balaban J connectivity index is 3.49. The van der Waals surface area contributed by atoms with E-state index in [9.17, 15) is 13.6 Å². The molecule has 0 bridgehead atoms. The fraction of sp³-hybridized carbons (Fsp3) is 0.333. The van der Waals surface area contributed by atoms with E-state index in [1.807, 2.05) is 0 Å². The quantitative estimate of drug-likeness (QED) is 0.746. The summed E-state index contributed by atoms with van der Waals surface area (Å²) in [5.41, 5.74) is -1.18. The molecule has 5 heteroatoms. The molecule has 1 heterocycles. The predicted molar refractivity (Wildman–Crippen MR) is 46.1 cm³/mol. The molecule has 74 valence electrons. The van der Waals surface area contributed by atoms with Crippen LogP contribution in [0.1, 0.15) is 23.7 Å². The molecule has 14 heavy (non-hydrogen) atoms. The molecule has 0 aliphatic carbocycles. The molecule has 0 amide bonds. The van der Waals surface area contributed by atoms with Gasteiger partial charge in [-0.05, 0) is 13.0 Å². The summed E-state index contributed by atoms with van der Waals surface area (Å²) in [5, 5.41) is 8.48. The van der Waals surface area contributed by atoms with Crippen LogP contribution < -0.4 is 5.56 Å². The number of nitriles is 1. The van der Waals surface area contributed by atoms with Crippen molar-refractivity contribution in [3.05, 3.63) is 33.2 Å². The zero-order valence-electron chi connectivity index (χ0n) is 7.69. The van der Waals surface area contributed by atoms with Gasteiger partial charge in [-0.2, -0.15) is 5.26 Å². The molecule has 0 atom stereocenters. The lowest BCUT2D eigenvalue weighted by Gasteiger charge is -2.12. The van der Waals surface area contributed by atoms with Crippen LogP contribution >= 0.6 is 0 Å². The van der Waals surface area contributed by atoms with E-state index >= 15 is 0 Å². The molecule has 0 aliphatic heterocycles. The van der Waals surface area contributed by atoms with E-state index in [1.54, 1.807) is 6.07 Å². The van der Waals surface area contributed by atoms with Gasteiger partial charge in [0, 0.05) is 18.2 Å². The Morgan fingerprint density at radius 1 is 1.57 bits per heavy atom. The first-order chi connectivity index (χ1) is 6.36. The topological polar surface area (TPSA) is 56.6 Å². The molecule has 0 radical (unpaired) electrons. The van der Waals surface area contributed by atoms with E-state index < -0.39 is 11.5 Å². The summed E-state index contributed by atoms with van der Waals surface area (Å²) in [6, 6.07) is 2.48. The van der Waals surface area contributed by atoms with Crippen LogP contribution in [0.5, 0.6) is 0 Å². The van der Waals surface area contributed by atoms with Crippen molar-refractivity contribution in [1.29, 1.82) is 5.26 Å². The maximum absolute atomic E-state index is 12.9. The highest BCUT2D eigenvalue weighted by atomic mass is 19.3. The van der Waals surface area contributed by atoms with E-state index in [1.165, 1.54) is 6.92 Å². The number of aryl methyl sites for hydroxylation is 1. The van der Waals surface area contributed by atoms with Gasteiger partial charge in [-0.1, -0.05) is 0 Å².